The smallest absolute Gasteiger partial charge is 0.309 e. The first-order valence-electron chi connectivity index (χ1n) is 6.80. The van der Waals surface area contributed by atoms with Gasteiger partial charge >= 0.3 is 5.97 Å². The maximum Gasteiger partial charge on any atom is 0.309 e. The second-order valence-electron chi connectivity index (χ2n) is 5.47. The van der Waals surface area contributed by atoms with E-state index >= 15 is 0 Å². The van der Waals surface area contributed by atoms with E-state index in [4.69, 9.17) is 5.11 Å². The predicted octanol–water partition coefficient (Wildman–Crippen LogP) is -0.575. The average molecular weight is 285 g/mol. The molecule has 1 rings (SSSR count). The lowest BCUT2D eigenvalue weighted by Crippen LogP contribution is -2.47. The quantitative estimate of drug-likeness (QED) is 0.567. The van der Waals surface area contributed by atoms with Gasteiger partial charge in [0, 0.05) is 20.0 Å². The normalized spacial score (nSPS) is 18.3. The first-order valence-corrected chi connectivity index (χ1v) is 6.80. The van der Waals surface area contributed by atoms with Crippen LogP contribution < -0.4 is 10.6 Å². The summed E-state index contributed by atoms with van der Waals surface area (Å²) >= 11 is 0. The molecule has 1 heterocycles. The van der Waals surface area contributed by atoms with Gasteiger partial charge in [0.25, 0.3) is 0 Å². The van der Waals surface area contributed by atoms with Crippen LogP contribution in [0.4, 0.5) is 0 Å². The summed E-state index contributed by atoms with van der Waals surface area (Å²) in [4.78, 5) is 35.4. The number of carboxylic acids is 1. The van der Waals surface area contributed by atoms with Crippen molar-refractivity contribution in [2.75, 3.05) is 32.7 Å². The van der Waals surface area contributed by atoms with Crippen molar-refractivity contribution in [1.82, 2.24) is 15.5 Å². The number of carbonyl (C=O) groups excluding carboxylic acids is 2. The van der Waals surface area contributed by atoms with E-state index in [0.29, 0.717) is 39.0 Å². The summed E-state index contributed by atoms with van der Waals surface area (Å²) in [5, 5.41) is 14.4. The van der Waals surface area contributed by atoms with Crippen LogP contribution in [0.5, 0.6) is 0 Å². The Hall–Kier alpha value is -1.63. The van der Waals surface area contributed by atoms with E-state index in [0.717, 1.165) is 0 Å². The molecule has 0 radical (unpaired) electrons. The van der Waals surface area contributed by atoms with Gasteiger partial charge in [-0.3, -0.25) is 19.3 Å². The maximum atomic E-state index is 11.7. The van der Waals surface area contributed by atoms with E-state index in [1.807, 2.05) is 4.90 Å². The van der Waals surface area contributed by atoms with E-state index in [2.05, 4.69) is 10.6 Å². The molecule has 7 heteroatoms. The van der Waals surface area contributed by atoms with Crippen LogP contribution in [-0.2, 0) is 14.4 Å². The van der Waals surface area contributed by atoms with Crippen LogP contribution in [0.3, 0.4) is 0 Å². The highest BCUT2D eigenvalue weighted by atomic mass is 16.4. The molecule has 1 fully saturated rings. The molecule has 20 heavy (non-hydrogen) atoms. The topological polar surface area (TPSA) is 98.7 Å². The van der Waals surface area contributed by atoms with Gasteiger partial charge in [-0.05, 0) is 32.9 Å². The Morgan fingerprint density at radius 2 is 1.70 bits per heavy atom. The lowest BCUT2D eigenvalue weighted by atomic mass is 9.80. The Labute approximate surface area is 118 Å². The molecule has 0 aromatic heterocycles. The summed E-state index contributed by atoms with van der Waals surface area (Å²) in [7, 11) is 0. The number of likely N-dealkylation sites (tertiary alicyclic amines) is 1. The number of nitrogens with zero attached hydrogens (tertiary/aromatic N) is 1. The fourth-order valence-corrected chi connectivity index (χ4v) is 2.12. The van der Waals surface area contributed by atoms with Gasteiger partial charge in [-0.15, -0.1) is 0 Å². The molecule has 1 saturated heterocycles. The Balaban J connectivity index is 2.21. The number of hydrogen-bond donors (Lipinski definition) is 3. The third kappa shape index (κ3) is 5.16. The van der Waals surface area contributed by atoms with Crippen molar-refractivity contribution in [3.05, 3.63) is 0 Å². The van der Waals surface area contributed by atoms with Gasteiger partial charge in [0.15, 0.2) is 0 Å². The van der Waals surface area contributed by atoms with Crippen molar-refractivity contribution in [1.29, 1.82) is 0 Å². The van der Waals surface area contributed by atoms with E-state index in [-0.39, 0.29) is 18.4 Å². The summed E-state index contributed by atoms with van der Waals surface area (Å²) in [5.74, 6) is -0.991. The second kappa shape index (κ2) is 7.23. The SMILES string of the molecule is CC(=O)NCCNC(=O)CN1CCC(C)(C(=O)O)CC1. The molecule has 0 spiro atoms. The first-order chi connectivity index (χ1) is 9.33. The Kier molecular flexibility index (Phi) is 5.94. The lowest BCUT2D eigenvalue weighted by molar-refractivity contribution is -0.150. The fraction of sp³-hybridized carbons (Fsp3) is 0.769. The number of hydrogen-bond acceptors (Lipinski definition) is 4. The van der Waals surface area contributed by atoms with Crippen LogP contribution in [0.15, 0.2) is 0 Å². The summed E-state index contributed by atoms with van der Waals surface area (Å²) in [6.45, 7) is 5.49. The number of aliphatic carboxylic acids is 1. The zero-order valence-electron chi connectivity index (χ0n) is 12.1. The number of nitrogens with one attached hydrogen (secondary N) is 2. The van der Waals surface area contributed by atoms with Gasteiger partial charge in [-0.25, -0.2) is 0 Å². The zero-order valence-corrected chi connectivity index (χ0v) is 12.1. The largest absolute Gasteiger partial charge is 0.481 e. The molecule has 0 bridgehead atoms. The summed E-state index contributed by atoms with van der Waals surface area (Å²) in [6.07, 6.45) is 1.11. The van der Waals surface area contributed by atoms with Crippen LogP contribution in [-0.4, -0.2) is 60.5 Å². The van der Waals surface area contributed by atoms with Crippen LogP contribution in [0.2, 0.25) is 0 Å². The molecule has 1 aliphatic rings. The molecule has 0 aromatic rings. The number of piperidine rings is 1. The average Bonchev–Trinajstić information content (AvgIpc) is 2.37. The van der Waals surface area contributed by atoms with Crippen molar-refractivity contribution in [2.24, 2.45) is 5.41 Å². The van der Waals surface area contributed by atoms with Gasteiger partial charge in [0.2, 0.25) is 11.8 Å². The molecule has 2 amide bonds. The lowest BCUT2D eigenvalue weighted by Gasteiger charge is -2.35. The molecule has 0 atom stereocenters. The third-order valence-electron chi connectivity index (χ3n) is 3.66. The van der Waals surface area contributed by atoms with Crippen molar-refractivity contribution < 1.29 is 19.5 Å². The fourth-order valence-electron chi connectivity index (χ4n) is 2.12. The van der Waals surface area contributed by atoms with E-state index in [9.17, 15) is 14.4 Å². The second-order valence-corrected chi connectivity index (χ2v) is 5.47. The number of carboxylic acid groups (broad SMARTS) is 1. The van der Waals surface area contributed by atoms with Crippen LogP contribution >= 0.6 is 0 Å². The molecule has 1 aliphatic heterocycles. The van der Waals surface area contributed by atoms with Crippen LogP contribution in [0.1, 0.15) is 26.7 Å². The Morgan fingerprint density at radius 1 is 1.15 bits per heavy atom. The number of rotatable bonds is 6. The highest BCUT2D eigenvalue weighted by Crippen LogP contribution is 2.30. The van der Waals surface area contributed by atoms with Crippen molar-refractivity contribution in [3.63, 3.8) is 0 Å². The molecule has 3 N–H and O–H groups in total. The van der Waals surface area contributed by atoms with Gasteiger partial charge < -0.3 is 15.7 Å². The zero-order chi connectivity index (χ0) is 15.2. The van der Waals surface area contributed by atoms with E-state index in [1.165, 1.54) is 6.92 Å². The molecular weight excluding hydrogens is 262 g/mol. The van der Waals surface area contributed by atoms with Gasteiger partial charge in [-0.2, -0.15) is 0 Å². The molecule has 0 unspecified atom stereocenters. The third-order valence-corrected chi connectivity index (χ3v) is 3.66. The minimum Gasteiger partial charge on any atom is -0.481 e. The van der Waals surface area contributed by atoms with Crippen LogP contribution in [0.25, 0.3) is 0 Å². The monoisotopic (exact) mass is 285 g/mol. The summed E-state index contributed by atoms with van der Waals surface area (Å²) < 4.78 is 0. The predicted molar refractivity (Wildman–Crippen MR) is 73.1 cm³/mol. The summed E-state index contributed by atoms with van der Waals surface area (Å²) in [6, 6.07) is 0. The van der Waals surface area contributed by atoms with Gasteiger partial charge in [-0.1, -0.05) is 0 Å². The van der Waals surface area contributed by atoms with E-state index in [1.54, 1.807) is 6.92 Å². The maximum absolute atomic E-state index is 11.7. The highest BCUT2D eigenvalue weighted by Gasteiger charge is 2.36. The first kappa shape index (κ1) is 16.4. The van der Waals surface area contributed by atoms with E-state index < -0.39 is 11.4 Å². The summed E-state index contributed by atoms with van der Waals surface area (Å²) in [5.41, 5.74) is -0.668. The molecule has 7 nitrogen and oxygen atoms in total. The molecule has 0 aromatic carbocycles. The Morgan fingerprint density at radius 3 is 2.20 bits per heavy atom. The van der Waals surface area contributed by atoms with Gasteiger partial charge in [0.05, 0.1) is 12.0 Å². The van der Waals surface area contributed by atoms with Crippen LogP contribution in [0, 0.1) is 5.41 Å². The molecule has 0 saturated carbocycles. The number of carbonyl (C=O) groups is 3. The molecule has 0 aliphatic carbocycles. The Bertz CT molecular complexity index is 376. The minimum atomic E-state index is -0.767. The standard InChI is InChI=1S/C13H23N3O4/c1-10(17)14-5-6-15-11(18)9-16-7-3-13(2,4-8-16)12(19)20/h3-9H2,1-2H3,(H,14,17)(H,15,18)(H,19,20). The minimum absolute atomic E-state index is 0.103. The molecular formula is C13H23N3O4. The molecule has 114 valence electrons. The van der Waals surface area contributed by atoms with Gasteiger partial charge in [0.1, 0.15) is 0 Å². The van der Waals surface area contributed by atoms with Crippen molar-refractivity contribution >= 4 is 17.8 Å². The van der Waals surface area contributed by atoms with Crippen molar-refractivity contribution in [2.45, 2.75) is 26.7 Å². The highest BCUT2D eigenvalue weighted by molar-refractivity contribution is 5.78. The van der Waals surface area contributed by atoms with Crippen molar-refractivity contribution in [3.8, 4) is 0 Å². The number of amides is 2.